The molecule has 2 amide bonds. The summed E-state index contributed by atoms with van der Waals surface area (Å²) in [7, 11) is 1.62. The number of ether oxygens (including phenoxy) is 1. The lowest BCUT2D eigenvalue weighted by molar-refractivity contribution is -0.114. The molecule has 1 aliphatic heterocycles. The second-order valence-electron chi connectivity index (χ2n) is 9.52. The van der Waals surface area contributed by atoms with Gasteiger partial charge in [-0.3, -0.25) is 9.59 Å². The van der Waals surface area contributed by atoms with Crippen LogP contribution in [0.25, 0.3) is 6.08 Å². The van der Waals surface area contributed by atoms with Crippen LogP contribution in [0.4, 0.5) is 5.69 Å². The number of thioether (sulfide) groups is 1. The topological polar surface area (TPSA) is 58.6 Å². The van der Waals surface area contributed by atoms with Crippen molar-refractivity contribution in [1.82, 2.24) is 5.32 Å². The zero-order valence-electron chi connectivity index (χ0n) is 22.2. The molecule has 0 spiro atoms. The number of methoxy groups -OCH3 is 1. The first-order valence-corrected chi connectivity index (χ1v) is 13.6. The molecule has 0 saturated heterocycles. The van der Waals surface area contributed by atoms with Crippen molar-refractivity contribution in [2.24, 2.45) is 0 Å². The van der Waals surface area contributed by atoms with E-state index < -0.39 is 0 Å². The number of carbonyl (C=O) groups excluding carboxylic acids is 2. The van der Waals surface area contributed by atoms with Gasteiger partial charge in [-0.1, -0.05) is 78.0 Å². The number of nitrogens with zero attached hydrogens (tertiary/aromatic N) is 1. The summed E-state index contributed by atoms with van der Waals surface area (Å²) in [4.78, 5) is 30.0. The number of fused-ring (bicyclic) bond motifs is 1. The minimum absolute atomic E-state index is 0.0294. The summed E-state index contributed by atoms with van der Waals surface area (Å²) in [6.07, 6.45) is 1.90. The van der Waals surface area contributed by atoms with Crippen molar-refractivity contribution >= 4 is 35.3 Å². The number of benzene rings is 4. The van der Waals surface area contributed by atoms with Crippen LogP contribution < -0.4 is 15.0 Å². The zero-order valence-corrected chi connectivity index (χ0v) is 23.0. The number of hydrogen-bond acceptors (Lipinski definition) is 4. The molecular formula is C33H30N2O3S. The highest BCUT2D eigenvalue weighted by Crippen LogP contribution is 2.42. The molecule has 196 valence electrons. The Balaban J connectivity index is 1.34. The Morgan fingerprint density at radius 2 is 1.67 bits per heavy atom. The van der Waals surface area contributed by atoms with E-state index in [2.05, 4.69) is 37.4 Å². The maximum atomic E-state index is 13.7. The summed E-state index contributed by atoms with van der Waals surface area (Å²) in [5.74, 6) is 0.540. The lowest BCUT2D eigenvalue weighted by atomic mass is 10.0. The molecule has 5 nitrogen and oxygen atoms in total. The van der Waals surface area contributed by atoms with Gasteiger partial charge in [0.2, 0.25) is 0 Å². The summed E-state index contributed by atoms with van der Waals surface area (Å²) in [5.41, 5.74) is 6.71. The normalized spacial score (nSPS) is 13.8. The fourth-order valence-corrected chi connectivity index (χ4v) is 5.63. The first kappa shape index (κ1) is 26.3. The van der Waals surface area contributed by atoms with E-state index in [1.54, 1.807) is 19.2 Å². The third kappa shape index (κ3) is 5.91. The molecule has 0 atom stereocenters. The molecule has 0 unspecified atom stereocenters. The largest absolute Gasteiger partial charge is 0.496 e. The molecule has 1 aliphatic rings. The number of amides is 2. The van der Waals surface area contributed by atoms with Gasteiger partial charge < -0.3 is 15.0 Å². The van der Waals surface area contributed by atoms with Crippen molar-refractivity contribution in [3.63, 3.8) is 0 Å². The Kier molecular flexibility index (Phi) is 7.84. The molecule has 1 heterocycles. The Morgan fingerprint density at radius 3 is 2.46 bits per heavy atom. The van der Waals surface area contributed by atoms with E-state index in [9.17, 15) is 9.59 Å². The predicted molar refractivity (Wildman–Crippen MR) is 158 cm³/mol. The van der Waals surface area contributed by atoms with Gasteiger partial charge >= 0.3 is 0 Å². The third-order valence-electron chi connectivity index (χ3n) is 6.77. The molecule has 0 aliphatic carbocycles. The van der Waals surface area contributed by atoms with Crippen LogP contribution in [0.2, 0.25) is 0 Å². The minimum atomic E-state index is -0.170. The van der Waals surface area contributed by atoms with Crippen molar-refractivity contribution in [3.05, 3.63) is 129 Å². The molecular weight excluding hydrogens is 504 g/mol. The van der Waals surface area contributed by atoms with E-state index >= 15 is 0 Å². The standard InChI is InChI=1S/C33H30N2O3S/c1-22-12-13-23(2)27(18-22)21-35-28-9-5-7-11-30(28)39-31(33(35)37)19-24-14-16-25(17-15-24)32(36)34-20-26-8-4-6-10-29(26)38-3/h4-19H,20-21H2,1-3H3,(H,34,36)/b31-19-. The molecule has 0 saturated carbocycles. The lowest BCUT2D eigenvalue weighted by Gasteiger charge is -2.31. The van der Waals surface area contributed by atoms with Crippen LogP contribution in [-0.4, -0.2) is 18.9 Å². The van der Waals surface area contributed by atoms with Crippen molar-refractivity contribution in [3.8, 4) is 5.75 Å². The molecule has 6 heteroatoms. The van der Waals surface area contributed by atoms with Gasteiger partial charge in [-0.2, -0.15) is 0 Å². The van der Waals surface area contributed by atoms with Crippen LogP contribution in [0.5, 0.6) is 5.75 Å². The van der Waals surface area contributed by atoms with Crippen LogP contribution in [0, 0.1) is 13.8 Å². The van der Waals surface area contributed by atoms with Gasteiger partial charge in [0.15, 0.2) is 0 Å². The highest BCUT2D eigenvalue weighted by atomic mass is 32.2. The number of aryl methyl sites for hydroxylation is 2. The average molecular weight is 535 g/mol. The minimum Gasteiger partial charge on any atom is -0.496 e. The Bertz CT molecular complexity index is 1560. The van der Waals surface area contributed by atoms with Gasteiger partial charge in [0.1, 0.15) is 5.75 Å². The second-order valence-corrected chi connectivity index (χ2v) is 10.6. The van der Waals surface area contributed by atoms with Crippen molar-refractivity contribution in [1.29, 1.82) is 0 Å². The summed E-state index contributed by atoms with van der Waals surface area (Å²) in [5, 5.41) is 2.95. The van der Waals surface area contributed by atoms with E-state index in [0.29, 0.717) is 23.6 Å². The molecule has 39 heavy (non-hydrogen) atoms. The first-order valence-electron chi connectivity index (χ1n) is 12.8. The summed E-state index contributed by atoms with van der Waals surface area (Å²) >= 11 is 1.48. The maximum absolute atomic E-state index is 13.7. The Morgan fingerprint density at radius 1 is 0.923 bits per heavy atom. The van der Waals surface area contributed by atoms with E-state index in [4.69, 9.17) is 4.74 Å². The van der Waals surface area contributed by atoms with Gasteiger partial charge in [-0.25, -0.2) is 0 Å². The second kappa shape index (κ2) is 11.6. The van der Waals surface area contributed by atoms with Gasteiger partial charge in [-0.15, -0.1) is 0 Å². The van der Waals surface area contributed by atoms with Crippen LogP contribution in [0.15, 0.2) is 101 Å². The van der Waals surface area contributed by atoms with Gasteiger partial charge in [-0.05, 0) is 66.9 Å². The molecule has 1 N–H and O–H groups in total. The van der Waals surface area contributed by atoms with E-state index in [1.165, 1.54) is 17.3 Å². The lowest BCUT2D eigenvalue weighted by Crippen LogP contribution is -2.34. The molecule has 4 aromatic rings. The molecule has 5 rings (SSSR count). The number of hydrogen-bond donors (Lipinski definition) is 1. The Labute approximate surface area is 233 Å². The van der Waals surface area contributed by atoms with Crippen LogP contribution in [0.1, 0.15) is 38.2 Å². The van der Waals surface area contributed by atoms with E-state index in [-0.39, 0.29) is 11.8 Å². The summed E-state index contributed by atoms with van der Waals surface area (Å²) in [6, 6.07) is 29.3. The summed E-state index contributed by atoms with van der Waals surface area (Å²) in [6.45, 7) is 5.02. The van der Waals surface area contributed by atoms with Crippen LogP contribution in [-0.2, 0) is 17.9 Å². The van der Waals surface area contributed by atoms with Gasteiger partial charge in [0, 0.05) is 22.6 Å². The first-order chi connectivity index (χ1) is 18.9. The molecule has 0 bridgehead atoms. The molecule has 0 aromatic heterocycles. The summed E-state index contributed by atoms with van der Waals surface area (Å²) < 4.78 is 5.36. The average Bonchev–Trinajstić information content (AvgIpc) is 2.96. The third-order valence-corrected chi connectivity index (χ3v) is 7.85. The van der Waals surface area contributed by atoms with Crippen molar-refractivity contribution in [2.75, 3.05) is 12.0 Å². The maximum Gasteiger partial charge on any atom is 0.265 e. The number of para-hydroxylation sites is 2. The van der Waals surface area contributed by atoms with Gasteiger partial charge in [0.05, 0.1) is 24.2 Å². The SMILES string of the molecule is COc1ccccc1CNC(=O)c1ccc(/C=C2\Sc3ccccc3N(Cc3cc(C)ccc3C)C2=O)cc1. The quantitative estimate of drug-likeness (QED) is 0.262. The molecule has 4 aromatic carbocycles. The van der Waals surface area contributed by atoms with Crippen molar-refractivity contribution < 1.29 is 14.3 Å². The van der Waals surface area contributed by atoms with Crippen LogP contribution in [0.3, 0.4) is 0 Å². The number of nitrogens with one attached hydrogen (secondary N) is 1. The number of anilines is 1. The smallest absolute Gasteiger partial charge is 0.265 e. The highest BCUT2D eigenvalue weighted by molar-refractivity contribution is 8.04. The number of rotatable bonds is 7. The monoisotopic (exact) mass is 534 g/mol. The highest BCUT2D eigenvalue weighted by Gasteiger charge is 2.29. The predicted octanol–water partition coefficient (Wildman–Crippen LogP) is 6.92. The molecule has 0 radical (unpaired) electrons. The van der Waals surface area contributed by atoms with Crippen molar-refractivity contribution in [2.45, 2.75) is 31.8 Å². The fourth-order valence-electron chi connectivity index (χ4n) is 4.57. The Hall–Kier alpha value is -4.29. The van der Waals surface area contributed by atoms with E-state index in [1.807, 2.05) is 71.6 Å². The number of carbonyl (C=O) groups is 2. The zero-order chi connectivity index (χ0) is 27.4. The van der Waals surface area contributed by atoms with Gasteiger partial charge in [0.25, 0.3) is 11.8 Å². The fraction of sp³-hybridized carbons (Fsp3) is 0.152. The molecule has 0 fully saturated rings. The van der Waals surface area contributed by atoms with E-state index in [0.717, 1.165) is 38.6 Å². The van der Waals surface area contributed by atoms with Crippen LogP contribution >= 0.6 is 11.8 Å².